The lowest BCUT2D eigenvalue weighted by molar-refractivity contribution is 0.0696. The standard InChI is InChI=1S/C10H10O4/c11-8-4-1-6(10(12)13)5-9(8)14-7-2-3-7/h1,4-5,7,11H,2-3H2,(H,12,13). The molecule has 1 aromatic carbocycles. The van der Waals surface area contributed by atoms with Gasteiger partial charge in [0.1, 0.15) is 0 Å². The van der Waals surface area contributed by atoms with Crippen molar-refractivity contribution in [3.63, 3.8) is 0 Å². The molecule has 0 bridgehead atoms. The quantitative estimate of drug-likeness (QED) is 0.767. The number of phenols is 1. The smallest absolute Gasteiger partial charge is 0.335 e. The van der Waals surface area contributed by atoms with Crippen LogP contribution < -0.4 is 4.74 Å². The third kappa shape index (κ3) is 1.79. The maximum atomic E-state index is 10.6. The highest BCUT2D eigenvalue weighted by Crippen LogP contribution is 2.33. The van der Waals surface area contributed by atoms with Gasteiger partial charge in [-0.15, -0.1) is 0 Å². The van der Waals surface area contributed by atoms with Gasteiger partial charge in [0, 0.05) is 0 Å². The number of ether oxygens (including phenoxy) is 1. The van der Waals surface area contributed by atoms with E-state index >= 15 is 0 Å². The van der Waals surface area contributed by atoms with Crippen molar-refractivity contribution >= 4 is 5.97 Å². The van der Waals surface area contributed by atoms with E-state index in [1.54, 1.807) is 0 Å². The zero-order valence-corrected chi connectivity index (χ0v) is 7.43. The van der Waals surface area contributed by atoms with Gasteiger partial charge in [0.2, 0.25) is 0 Å². The minimum Gasteiger partial charge on any atom is -0.504 e. The summed E-state index contributed by atoms with van der Waals surface area (Å²) in [4.78, 5) is 10.6. The summed E-state index contributed by atoms with van der Waals surface area (Å²) in [5.74, 6) is -0.778. The number of hydrogen-bond donors (Lipinski definition) is 2. The third-order valence-electron chi connectivity index (χ3n) is 2.02. The number of aromatic carboxylic acids is 1. The van der Waals surface area contributed by atoms with E-state index in [-0.39, 0.29) is 23.2 Å². The van der Waals surface area contributed by atoms with Gasteiger partial charge in [-0.1, -0.05) is 0 Å². The molecule has 74 valence electrons. The maximum Gasteiger partial charge on any atom is 0.335 e. The van der Waals surface area contributed by atoms with E-state index in [9.17, 15) is 9.90 Å². The molecule has 14 heavy (non-hydrogen) atoms. The van der Waals surface area contributed by atoms with Crippen molar-refractivity contribution in [1.82, 2.24) is 0 Å². The molecule has 0 saturated heterocycles. The Kier molecular flexibility index (Phi) is 2.04. The monoisotopic (exact) mass is 194 g/mol. The summed E-state index contributed by atoms with van der Waals surface area (Å²) < 4.78 is 5.33. The molecule has 0 spiro atoms. The summed E-state index contributed by atoms with van der Waals surface area (Å²) in [7, 11) is 0. The average molecular weight is 194 g/mol. The Balaban J connectivity index is 2.26. The van der Waals surface area contributed by atoms with E-state index < -0.39 is 5.97 Å². The first kappa shape index (κ1) is 8.87. The van der Waals surface area contributed by atoms with Crippen LogP contribution in [0.3, 0.4) is 0 Å². The van der Waals surface area contributed by atoms with Gasteiger partial charge in [0.05, 0.1) is 11.7 Å². The van der Waals surface area contributed by atoms with Gasteiger partial charge in [-0.3, -0.25) is 0 Å². The van der Waals surface area contributed by atoms with Crippen LogP contribution >= 0.6 is 0 Å². The van der Waals surface area contributed by atoms with E-state index in [2.05, 4.69) is 0 Å². The second-order valence-electron chi connectivity index (χ2n) is 3.30. The maximum absolute atomic E-state index is 10.6. The number of rotatable bonds is 3. The highest BCUT2D eigenvalue weighted by Gasteiger charge is 2.25. The minimum atomic E-state index is -1.02. The van der Waals surface area contributed by atoms with Crippen molar-refractivity contribution in [2.75, 3.05) is 0 Å². The summed E-state index contributed by atoms with van der Waals surface area (Å²) in [5.41, 5.74) is 0.124. The molecule has 1 aliphatic rings. The number of benzene rings is 1. The minimum absolute atomic E-state index is 0.0121. The Morgan fingerprint density at radius 1 is 1.43 bits per heavy atom. The van der Waals surface area contributed by atoms with Crippen LogP contribution in [-0.2, 0) is 0 Å². The molecule has 0 heterocycles. The number of hydrogen-bond acceptors (Lipinski definition) is 3. The Hall–Kier alpha value is -1.71. The highest BCUT2D eigenvalue weighted by molar-refractivity contribution is 5.88. The molecule has 0 unspecified atom stereocenters. The van der Waals surface area contributed by atoms with Crippen molar-refractivity contribution < 1.29 is 19.7 Å². The number of phenolic OH excluding ortho intramolecular Hbond substituents is 1. The van der Waals surface area contributed by atoms with Crippen LogP contribution in [0.1, 0.15) is 23.2 Å². The molecule has 0 aliphatic heterocycles. The van der Waals surface area contributed by atoms with E-state index in [4.69, 9.17) is 9.84 Å². The zero-order valence-electron chi connectivity index (χ0n) is 7.43. The number of carbonyl (C=O) groups is 1. The first-order chi connectivity index (χ1) is 6.66. The third-order valence-corrected chi connectivity index (χ3v) is 2.02. The van der Waals surface area contributed by atoms with Crippen LogP contribution in [0.25, 0.3) is 0 Å². The van der Waals surface area contributed by atoms with Crippen molar-refractivity contribution in [3.8, 4) is 11.5 Å². The summed E-state index contributed by atoms with van der Waals surface area (Å²) in [5, 5.41) is 18.1. The van der Waals surface area contributed by atoms with E-state index in [0.29, 0.717) is 0 Å². The number of aromatic hydroxyl groups is 1. The lowest BCUT2D eigenvalue weighted by atomic mass is 10.2. The van der Waals surface area contributed by atoms with Crippen LogP contribution in [0.5, 0.6) is 11.5 Å². The molecule has 0 aromatic heterocycles. The van der Waals surface area contributed by atoms with E-state index in [0.717, 1.165) is 12.8 Å². The van der Waals surface area contributed by atoms with Crippen LogP contribution in [-0.4, -0.2) is 22.3 Å². The largest absolute Gasteiger partial charge is 0.504 e. The number of carboxylic acids is 1. The predicted octanol–water partition coefficient (Wildman–Crippen LogP) is 1.63. The van der Waals surface area contributed by atoms with Crippen molar-refractivity contribution in [3.05, 3.63) is 23.8 Å². The van der Waals surface area contributed by atoms with Crippen molar-refractivity contribution in [1.29, 1.82) is 0 Å². The molecule has 1 saturated carbocycles. The molecule has 0 amide bonds. The fourth-order valence-electron chi connectivity index (χ4n) is 1.11. The summed E-state index contributed by atoms with van der Waals surface area (Å²) >= 11 is 0. The van der Waals surface area contributed by atoms with Gasteiger partial charge >= 0.3 is 5.97 Å². The zero-order chi connectivity index (χ0) is 10.1. The van der Waals surface area contributed by atoms with Crippen LogP contribution in [0.4, 0.5) is 0 Å². The highest BCUT2D eigenvalue weighted by atomic mass is 16.5. The van der Waals surface area contributed by atoms with Crippen LogP contribution in [0.15, 0.2) is 18.2 Å². The molecule has 1 aliphatic carbocycles. The molecule has 0 radical (unpaired) electrons. The molecule has 2 rings (SSSR count). The summed E-state index contributed by atoms with van der Waals surface area (Å²) in [6.07, 6.45) is 2.08. The molecular formula is C10H10O4. The lowest BCUT2D eigenvalue weighted by Gasteiger charge is -2.06. The SMILES string of the molecule is O=C(O)c1ccc(O)c(OC2CC2)c1. The predicted molar refractivity (Wildman–Crippen MR) is 48.7 cm³/mol. The lowest BCUT2D eigenvalue weighted by Crippen LogP contribution is -2.00. The Morgan fingerprint density at radius 3 is 2.71 bits per heavy atom. The Labute approximate surface area is 80.7 Å². The van der Waals surface area contributed by atoms with E-state index in [1.165, 1.54) is 18.2 Å². The van der Waals surface area contributed by atoms with Gasteiger partial charge in [-0.2, -0.15) is 0 Å². The molecule has 4 heteroatoms. The topological polar surface area (TPSA) is 66.8 Å². The van der Waals surface area contributed by atoms with Gasteiger partial charge in [-0.25, -0.2) is 4.79 Å². The normalized spacial score (nSPS) is 15.1. The van der Waals surface area contributed by atoms with Crippen LogP contribution in [0, 0.1) is 0 Å². The van der Waals surface area contributed by atoms with E-state index in [1.807, 2.05) is 0 Å². The van der Waals surface area contributed by atoms with Gasteiger partial charge < -0.3 is 14.9 Å². The second kappa shape index (κ2) is 3.21. The molecule has 4 nitrogen and oxygen atoms in total. The Morgan fingerprint density at radius 2 is 2.14 bits per heavy atom. The van der Waals surface area contributed by atoms with Crippen molar-refractivity contribution in [2.24, 2.45) is 0 Å². The second-order valence-corrected chi connectivity index (χ2v) is 3.30. The first-order valence-corrected chi connectivity index (χ1v) is 4.40. The van der Waals surface area contributed by atoms with Gasteiger partial charge in [0.25, 0.3) is 0 Å². The molecule has 1 fully saturated rings. The Bertz CT molecular complexity index is 368. The molecule has 1 aromatic rings. The van der Waals surface area contributed by atoms with Gasteiger partial charge in [0.15, 0.2) is 11.5 Å². The van der Waals surface area contributed by atoms with Crippen LogP contribution in [0.2, 0.25) is 0 Å². The molecule has 0 atom stereocenters. The van der Waals surface area contributed by atoms with Crippen molar-refractivity contribution in [2.45, 2.75) is 18.9 Å². The van der Waals surface area contributed by atoms with Gasteiger partial charge in [-0.05, 0) is 31.0 Å². The molecule has 2 N–H and O–H groups in total. The first-order valence-electron chi connectivity index (χ1n) is 4.40. The summed E-state index contributed by atoms with van der Waals surface area (Å²) in [6.45, 7) is 0. The fourth-order valence-corrected chi connectivity index (χ4v) is 1.11. The fraction of sp³-hybridized carbons (Fsp3) is 0.300. The average Bonchev–Trinajstić information content (AvgIpc) is 2.92. The number of carboxylic acid groups (broad SMARTS) is 1. The molecular weight excluding hydrogens is 184 g/mol. The summed E-state index contributed by atoms with van der Waals surface area (Å²) in [6, 6.07) is 4.02.